The molecule has 0 radical (unpaired) electrons. The minimum atomic E-state index is -1.67. The summed E-state index contributed by atoms with van der Waals surface area (Å²) in [5.41, 5.74) is 0.0598. The Balaban J connectivity index is 2.18. The second kappa shape index (κ2) is 4.81. The van der Waals surface area contributed by atoms with Crippen LogP contribution in [0.1, 0.15) is 12.0 Å². The van der Waals surface area contributed by atoms with Crippen molar-refractivity contribution in [1.82, 2.24) is 15.0 Å². The van der Waals surface area contributed by atoms with Crippen LogP contribution < -0.4 is 5.32 Å². The third-order valence-corrected chi connectivity index (χ3v) is 1.94. The van der Waals surface area contributed by atoms with Crippen LogP contribution in [0.5, 0.6) is 0 Å². The molecule has 0 aliphatic carbocycles. The normalized spacial score (nSPS) is 10.6. The van der Waals surface area contributed by atoms with Gasteiger partial charge < -0.3 is 15.5 Å². The second-order valence-corrected chi connectivity index (χ2v) is 3.19. The standard InChI is InChI=1S/C10H9FN4O2/c11-6-1-2-8(12-4-6)15-9-3-7(10(16)17)13-5-14-9/h1-5,10,16-17H,(H,12,13,14,15). The first kappa shape index (κ1) is 11.4. The zero-order valence-corrected chi connectivity index (χ0v) is 8.58. The van der Waals surface area contributed by atoms with Gasteiger partial charge in [0.2, 0.25) is 0 Å². The number of anilines is 2. The summed E-state index contributed by atoms with van der Waals surface area (Å²) in [5.74, 6) is 0.287. The number of aliphatic hydroxyl groups is 2. The first-order valence-electron chi connectivity index (χ1n) is 4.72. The van der Waals surface area contributed by atoms with Gasteiger partial charge in [-0.15, -0.1) is 0 Å². The first-order valence-corrected chi connectivity index (χ1v) is 4.72. The lowest BCUT2D eigenvalue weighted by Gasteiger charge is -2.06. The monoisotopic (exact) mass is 236 g/mol. The molecule has 2 rings (SSSR count). The van der Waals surface area contributed by atoms with Crippen molar-refractivity contribution < 1.29 is 14.6 Å². The topological polar surface area (TPSA) is 91.2 Å². The molecule has 0 saturated heterocycles. The van der Waals surface area contributed by atoms with E-state index in [9.17, 15) is 4.39 Å². The summed E-state index contributed by atoms with van der Waals surface area (Å²) in [5, 5.41) is 20.6. The van der Waals surface area contributed by atoms with Crippen molar-refractivity contribution in [3.8, 4) is 0 Å². The van der Waals surface area contributed by atoms with Gasteiger partial charge in [0.15, 0.2) is 6.29 Å². The minimum absolute atomic E-state index is 0.0598. The van der Waals surface area contributed by atoms with Gasteiger partial charge in [0, 0.05) is 6.07 Å². The Morgan fingerprint density at radius 3 is 2.59 bits per heavy atom. The Morgan fingerprint density at radius 2 is 1.94 bits per heavy atom. The number of aliphatic hydroxyl groups excluding tert-OH is 1. The van der Waals surface area contributed by atoms with Crippen LogP contribution in [0.15, 0.2) is 30.7 Å². The smallest absolute Gasteiger partial charge is 0.196 e. The second-order valence-electron chi connectivity index (χ2n) is 3.19. The Morgan fingerprint density at radius 1 is 1.12 bits per heavy atom. The molecule has 0 aromatic carbocycles. The number of nitrogens with zero attached hydrogens (tertiary/aromatic N) is 3. The summed E-state index contributed by atoms with van der Waals surface area (Å²) in [7, 11) is 0. The molecule has 0 saturated carbocycles. The van der Waals surface area contributed by atoms with Crippen molar-refractivity contribution in [1.29, 1.82) is 0 Å². The fraction of sp³-hybridized carbons (Fsp3) is 0.100. The summed E-state index contributed by atoms with van der Waals surface area (Å²) < 4.78 is 12.6. The maximum Gasteiger partial charge on any atom is 0.196 e. The molecular weight excluding hydrogens is 227 g/mol. The molecule has 2 heterocycles. The molecular formula is C10H9FN4O2. The third-order valence-electron chi connectivity index (χ3n) is 1.94. The van der Waals surface area contributed by atoms with E-state index >= 15 is 0 Å². The van der Waals surface area contributed by atoms with Gasteiger partial charge in [-0.25, -0.2) is 19.3 Å². The van der Waals surface area contributed by atoms with Gasteiger partial charge >= 0.3 is 0 Å². The number of nitrogens with one attached hydrogen (secondary N) is 1. The van der Waals surface area contributed by atoms with Crippen molar-refractivity contribution in [2.45, 2.75) is 6.29 Å². The largest absolute Gasteiger partial charge is 0.363 e. The van der Waals surface area contributed by atoms with E-state index in [0.717, 1.165) is 6.20 Å². The van der Waals surface area contributed by atoms with Gasteiger partial charge in [-0.1, -0.05) is 0 Å². The van der Waals surface area contributed by atoms with Crippen molar-refractivity contribution in [2.24, 2.45) is 0 Å². The van der Waals surface area contributed by atoms with E-state index in [2.05, 4.69) is 20.3 Å². The van der Waals surface area contributed by atoms with Gasteiger partial charge in [-0.05, 0) is 12.1 Å². The van der Waals surface area contributed by atoms with E-state index in [4.69, 9.17) is 10.2 Å². The van der Waals surface area contributed by atoms with Crippen LogP contribution >= 0.6 is 0 Å². The van der Waals surface area contributed by atoms with Crippen molar-refractivity contribution >= 4 is 11.6 Å². The lowest BCUT2D eigenvalue weighted by Crippen LogP contribution is -2.02. The molecule has 3 N–H and O–H groups in total. The number of halogens is 1. The van der Waals surface area contributed by atoms with Gasteiger partial charge in [0.25, 0.3) is 0 Å². The Hall–Kier alpha value is -2.12. The highest BCUT2D eigenvalue weighted by molar-refractivity contribution is 5.51. The fourth-order valence-electron chi connectivity index (χ4n) is 1.16. The lowest BCUT2D eigenvalue weighted by atomic mass is 10.3. The Labute approximate surface area is 95.8 Å². The van der Waals surface area contributed by atoms with Gasteiger partial charge in [-0.2, -0.15) is 0 Å². The van der Waals surface area contributed by atoms with Crippen LogP contribution in [0, 0.1) is 5.82 Å². The van der Waals surface area contributed by atoms with E-state index in [0.29, 0.717) is 11.6 Å². The molecule has 7 heteroatoms. The highest BCUT2D eigenvalue weighted by Crippen LogP contribution is 2.14. The maximum atomic E-state index is 12.6. The molecule has 0 bridgehead atoms. The van der Waals surface area contributed by atoms with E-state index in [-0.39, 0.29) is 5.69 Å². The number of aromatic nitrogens is 3. The number of hydrogen-bond donors (Lipinski definition) is 3. The van der Waals surface area contributed by atoms with Gasteiger partial charge in [-0.3, -0.25) is 0 Å². The molecule has 0 aliphatic heterocycles. The lowest BCUT2D eigenvalue weighted by molar-refractivity contribution is -0.0458. The van der Waals surface area contributed by atoms with Crippen LogP contribution in [-0.4, -0.2) is 25.2 Å². The van der Waals surface area contributed by atoms with Crippen LogP contribution in [0.3, 0.4) is 0 Å². The van der Waals surface area contributed by atoms with E-state index in [1.165, 1.54) is 24.5 Å². The van der Waals surface area contributed by atoms with Crippen LogP contribution in [-0.2, 0) is 0 Å². The van der Waals surface area contributed by atoms with Crippen LogP contribution in [0.4, 0.5) is 16.0 Å². The molecule has 88 valence electrons. The number of pyridine rings is 1. The summed E-state index contributed by atoms with van der Waals surface area (Å²) in [6.07, 6.45) is 0.575. The number of hydrogen-bond acceptors (Lipinski definition) is 6. The number of rotatable bonds is 3. The van der Waals surface area contributed by atoms with Crippen LogP contribution in [0.25, 0.3) is 0 Å². The molecule has 0 unspecified atom stereocenters. The Bertz CT molecular complexity index is 504. The summed E-state index contributed by atoms with van der Waals surface area (Å²) >= 11 is 0. The molecule has 2 aromatic rings. The summed E-state index contributed by atoms with van der Waals surface area (Å²) in [4.78, 5) is 11.3. The SMILES string of the molecule is OC(O)c1cc(Nc2ccc(F)cn2)ncn1. The average Bonchev–Trinajstić information content (AvgIpc) is 2.32. The molecule has 0 fully saturated rings. The van der Waals surface area contributed by atoms with Gasteiger partial charge in [0.1, 0.15) is 29.5 Å². The maximum absolute atomic E-state index is 12.6. The molecule has 17 heavy (non-hydrogen) atoms. The van der Waals surface area contributed by atoms with Crippen molar-refractivity contribution in [3.63, 3.8) is 0 Å². The molecule has 0 aliphatic rings. The highest BCUT2D eigenvalue weighted by atomic mass is 19.1. The zero-order valence-electron chi connectivity index (χ0n) is 8.58. The third kappa shape index (κ3) is 2.92. The zero-order chi connectivity index (χ0) is 12.3. The predicted molar refractivity (Wildman–Crippen MR) is 56.7 cm³/mol. The molecule has 0 spiro atoms. The molecule has 0 amide bonds. The van der Waals surface area contributed by atoms with Crippen LogP contribution in [0.2, 0.25) is 0 Å². The minimum Gasteiger partial charge on any atom is -0.363 e. The molecule has 6 nitrogen and oxygen atoms in total. The van der Waals surface area contributed by atoms with Crippen molar-refractivity contribution in [2.75, 3.05) is 5.32 Å². The predicted octanol–water partition coefficient (Wildman–Crippen LogP) is 0.737. The molecule has 2 aromatic heterocycles. The van der Waals surface area contributed by atoms with E-state index < -0.39 is 12.1 Å². The van der Waals surface area contributed by atoms with E-state index in [1.54, 1.807) is 0 Å². The van der Waals surface area contributed by atoms with Gasteiger partial charge in [0.05, 0.1) is 6.20 Å². The summed E-state index contributed by atoms with van der Waals surface area (Å²) in [6.45, 7) is 0. The quantitative estimate of drug-likeness (QED) is 0.681. The van der Waals surface area contributed by atoms with Crippen molar-refractivity contribution in [3.05, 3.63) is 42.2 Å². The van der Waals surface area contributed by atoms with E-state index in [1.807, 2.05) is 0 Å². The fourth-order valence-corrected chi connectivity index (χ4v) is 1.16. The Kier molecular flexibility index (Phi) is 3.22. The summed E-state index contributed by atoms with van der Waals surface area (Å²) in [6, 6.07) is 4.04. The first-order chi connectivity index (χ1) is 8.15. The highest BCUT2D eigenvalue weighted by Gasteiger charge is 2.06. The molecule has 0 atom stereocenters. The average molecular weight is 236 g/mol.